The summed E-state index contributed by atoms with van der Waals surface area (Å²) in [5, 5.41) is 10.6. The van der Waals surface area contributed by atoms with Crippen LogP contribution in [0.3, 0.4) is 0 Å². The molecule has 0 bridgehead atoms. The first-order valence-corrected chi connectivity index (χ1v) is 9.82. The molecule has 32 heavy (non-hydrogen) atoms. The Bertz CT molecular complexity index is 1150. The number of alkyl halides is 3. The number of aliphatic hydroxyl groups excluding tert-OH is 1. The zero-order valence-corrected chi connectivity index (χ0v) is 16.7. The number of benzene rings is 2. The molecule has 2 aromatic carbocycles. The normalized spacial score (nSPS) is 16.7. The van der Waals surface area contributed by atoms with E-state index in [2.05, 4.69) is 0 Å². The number of carbonyl (C=O) groups is 2. The van der Waals surface area contributed by atoms with Gasteiger partial charge in [0.05, 0.1) is 17.4 Å². The number of anilines is 1. The van der Waals surface area contributed by atoms with Crippen LogP contribution in [0, 0.1) is 0 Å². The van der Waals surface area contributed by atoms with E-state index in [-0.39, 0.29) is 23.4 Å². The largest absolute Gasteiger partial charge is 0.503 e. The molecule has 8 heteroatoms. The fourth-order valence-corrected chi connectivity index (χ4v) is 3.72. The highest BCUT2D eigenvalue weighted by molar-refractivity contribution is 6.16. The van der Waals surface area contributed by atoms with E-state index < -0.39 is 35.2 Å². The average molecular weight is 441 g/mol. The molecule has 1 amide bonds. The van der Waals surface area contributed by atoms with Crippen molar-refractivity contribution in [2.45, 2.75) is 25.1 Å². The minimum atomic E-state index is -4.53. The van der Waals surface area contributed by atoms with Crippen molar-refractivity contribution in [3.05, 3.63) is 101 Å². The number of aryl methyl sites for hydroxylation is 1. The van der Waals surface area contributed by atoms with Gasteiger partial charge in [-0.05, 0) is 48.4 Å². The van der Waals surface area contributed by atoms with Crippen molar-refractivity contribution in [3.8, 4) is 0 Å². The van der Waals surface area contributed by atoms with Gasteiger partial charge in [-0.25, -0.2) is 0 Å². The van der Waals surface area contributed by atoms with Crippen molar-refractivity contribution in [2.24, 2.45) is 0 Å². The third kappa shape index (κ3) is 4.03. The van der Waals surface area contributed by atoms with E-state index in [0.29, 0.717) is 6.42 Å². The number of hydrogen-bond donors (Lipinski definition) is 1. The maximum absolute atomic E-state index is 13.1. The van der Waals surface area contributed by atoms with Gasteiger partial charge in [0, 0.05) is 12.1 Å². The van der Waals surface area contributed by atoms with E-state index in [4.69, 9.17) is 4.42 Å². The molecule has 3 aromatic rings. The lowest BCUT2D eigenvalue weighted by Crippen LogP contribution is -2.30. The summed E-state index contributed by atoms with van der Waals surface area (Å²) in [5.74, 6) is -1.85. The third-order valence-corrected chi connectivity index (χ3v) is 5.28. The van der Waals surface area contributed by atoms with Crippen molar-refractivity contribution in [1.29, 1.82) is 0 Å². The first kappa shape index (κ1) is 21.4. The molecular weight excluding hydrogens is 423 g/mol. The minimum absolute atomic E-state index is 0.0365. The summed E-state index contributed by atoms with van der Waals surface area (Å²) in [6, 6.07) is 15.2. The van der Waals surface area contributed by atoms with Crippen molar-refractivity contribution < 1.29 is 32.3 Å². The van der Waals surface area contributed by atoms with Gasteiger partial charge in [-0.1, -0.05) is 30.3 Å². The molecule has 1 aromatic heterocycles. The van der Waals surface area contributed by atoms with E-state index in [0.717, 1.165) is 34.7 Å². The molecule has 2 heterocycles. The summed E-state index contributed by atoms with van der Waals surface area (Å²) >= 11 is 0. The van der Waals surface area contributed by atoms with Crippen molar-refractivity contribution >= 4 is 17.4 Å². The molecule has 0 saturated carbocycles. The predicted octanol–water partition coefficient (Wildman–Crippen LogP) is 5.40. The molecule has 4 rings (SSSR count). The summed E-state index contributed by atoms with van der Waals surface area (Å²) in [4.78, 5) is 27.0. The van der Waals surface area contributed by atoms with E-state index in [1.54, 1.807) is 6.07 Å². The number of carbonyl (C=O) groups excluding carboxylic acids is 2. The van der Waals surface area contributed by atoms with Crippen LogP contribution in [-0.4, -0.2) is 16.8 Å². The molecular formula is C24H18F3NO4. The highest BCUT2D eigenvalue weighted by atomic mass is 19.4. The van der Waals surface area contributed by atoms with Gasteiger partial charge in [0.1, 0.15) is 11.8 Å². The van der Waals surface area contributed by atoms with Gasteiger partial charge in [0.25, 0.3) is 5.91 Å². The highest BCUT2D eigenvalue weighted by Gasteiger charge is 2.45. The number of hydrogen-bond acceptors (Lipinski definition) is 4. The van der Waals surface area contributed by atoms with Crippen LogP contribution < -0.4 is 4.90 Å². The second-order valence-corrected chi connectivity index (χ2v) is 7.31. The topological polar surface area (TPSA) is 70.8 Å². The number of furan rings is 1. The van der Waals surface area contributed by atoms with Gasteiger partial charge in [0.15, 0.2) is 11.5 Å². The smallest absolute Gasteiger partial charge is 0.416 e. The van der Waals surface area contributed by atoms with Crippen LogP contribution >= 0.6 is 0 Å². The first-order chi connectivity index (χ1) is 15.3. The molecule has 5 nitrogen and oxygen atoms in total. The molecule has 0 fully saturated rings. The molecule has 0 saturated heterocycles. The summed E-state index contributed by atoms with van der Waals surface area (Å²) < 4.78 is 44.2. The second-order valence-electron chi connectivity index (χ2n) is 7.31. The second kappa shape index (κ2) is 8.37. The van der Waals surface area contributed by atoms with Gasteiger partial charge < -0.3 is 9.52 Å². The zero-order chi connectivity index (χ0) is 22.9. The quantitative estimate of drug-likeness (QED) is 0.556. The van der Waals surface area contributed by atoms with Crippen LogP contribution in [-0.2, 0) is 22.2 Å². The Hall–Kier alpha value is -3.81. The van der Waals surface area contributed by atoms with Crippen LogP contribution in [0.1, 0.15) is 29.3 Å². The van der Waals surface area contributed by atoms with Crippen LogP contribution in [0.5, 0.6) is 0 Å². The lowest BCUT2D eigenvalue weighted by Gasteiger charge is -2.25. The van der Waals surface area contributed by atoms with Gasteiger partial charge in [0.2, 0.25) is 0 Å². The number of Topliss-reactive ketones (excluding diaryl/α,β-unsaturated/α-hetero) is 1. The van der Waals surface area contributed by atoms with Crippen molar-refractivity contribution in [1.82, 2.24) is 0 Å². The number of nitrogens with zero attached hydrogens (tertiary/aromatic N) is 1. The number of ketones is 1. The van der Waals surface area contributed by atoms with E-state index in [1.807, 2.05) is 30.3 Å². The van der Waals surface area contributed by atoms with Crippen LogP contribution in [0.4, 0.5) is 18.9 Å². The van der Waals surface area contributed by atoms with Gasteiger partial charge in [-0.15, -0.1) is 0 Å². The fraction of sp³-hybridized carbons (Fsp3) is 0.167. The number of amides is 1. The molecule has 0 spiro atoms. The summed E-state index contributed by atoms with van der Waals surface area (Å²) in [5.41, 5.74) is 0.000725. The SMILES string of the molecule is O=C(CCc1ccccc1)C1=C(O)C(=O)N(c2ccc(C(F)(F)F)cc2)C1c1ccco1. The lowest BCUT2D eigenvalue weighted by atomic mass is 9.96. The van der Waals surface area contributed by atoms with E-state index in [1.165, 1.54) is 12.3 Å². The third-order valence-electron chi connectivity index (χ3n) is 5.28. The maximum atomic E-state index is 13.1. The Balaban J connectivity index is 1.67. The molecule has 1 N–H and O–H groups in total. The van der Waals surface area contributed by atoms with Crippen LogP contribution in [0.25, 0.3) is 0 Å². The summed E-state index contributed by atoms with van der Waals surface area (Å²) in [6.07, 6.45) is -2.75. The van der Waals surface area contributed by atoms with Gasteiger partial charge >= 0.3 is 6.18 Å². The van der Waals surface area contributed by atoms with Gasteiger partial charge in [-0.2, -0.15) is 13.2 Å². The Morgan fingerprint density at radius 3 is 2.28 bits per heavy atom. The predicted molar refractivity (Wildman–Crippen MR) is 110 cm³/mol. The Labute approximate surface area is 181 Å². The Morgan fingerprint density at radius 1 is 1.00 bits per heavy atom. The van der Waals surface area contributed by atoms with Gasteiger partial charge in [-0.3, -0.25) is 14.5 Å². The molecule has 1 atom stereocenters. The molecule has 1 aliphatic rings. The zero-order valence-electron chi connectivity index (χ0n) is 16.7. The Morgan fingerprint density at radius 2 is 1.69 bits per heavy atom. The van der Waals surface area contributed by atoms with Crippen molar-refractivity contribution in [2.75, 3.05) is 4.90 Å². The van der Waals surface area contributed by atoms with Crippen molar-refractivity contribution in [3.63, 3.8) is 0 Å². The molecule has 0 radical (unpaired) electrons. The number of aliphatic hydroxyl groups is 1. The number of rotatable bonds is 6. The summed E-state index contributed by atoms with van der Waals surface area (Å²) in [7, 11) is 0. The van der Waals surface area contributed by atoms with Crippen LogP contribution in [0.2, 0.25) is 0 Å². The first-order valence-electron chi connectivity index (χ1n) is 9.82. The monoisotopic (exact) mass is 441 g/mol. The fourth-order valence-electron chi connectivity index (χ4n) is 3.72. The standard InChI is InChI=1S/C24H18F3NO4/c25-24(26,27)16-9-11-17(12-10-16)28-21(19-7-4-14-32-19)20(22(30)23(28)31)18(29)13-8-15-5-2-1-3-6-15/h1-7,9-12,14,21,30H,8,13H2. The lowest BCUT2D eigenvalue weighted by molar-refractivity contribution is -0.137. The molecule has 1 unspecified atom stereocenters. The van der Waals surface area contributed by atoms with E-state index >= 15 is 0 Å². The molecule has 164 valence electrons. The molecule has 0 aliphatic carbocycles. The van der Waals surface area contributed by atoms with E-state index in [9.17, 15) is 27.9 Å². The average Bonchev–Trinajstić information content (AvgIpc) is 3.39. The molecule has 1 aliphatic heterocycles. The Kier molecular flexibility index (Phi) is 5.61. The summed E-state index contributed by atoms with van der Waals surface area (Å²) in [6.45, 7) is 0. The maximum Gasteiger partial charge on any atom is 0.416 e. The highest BCUT2D eigenvalue weighted by Crippen LogP contribution is 2.42. The minimum Gasteiger partial charge on any atom is -0.503 e. The van der Waals surface area contributed by atoms with Crippen LogP contribution in [0.15, 0.2) is 88.7 Å². The number of halogens is 3.